The Morgan fingerprint density at radius 2 is 2.08 bits per heavy atom. The van der Waals surface area contributed by atoms with Gasteiger partial charge in [-0.3, -0.25) is 0 Å². The molecule has 0 aliphatic carbocycles. The van der Waals surface area contributed by atoms with Gasteiger partial charge in [0.1, 0.15) is 17.7 Å². The van der Waals surface area contributed by atoms with Crippen LogP contribution in [0.15, 0.2) is 35.4 Å². The molecule has 0 saturated carbocycles. The molecule has 0 bridgehead atoms. The minimum atomic E-state index is -3.69. The maximum Gasteiger partial charge on any atom is 0.243 e. The highest BCUT2D eigenvalue weighted by Crippen LogP contribution is 2.25. The summed E-state index contributed by atoms with van der Waals surface area (Å²) in [5, 5.41) is 0. The van der Waals surface area contributed by atoms with Crippen LogP contribution in [0.4, 0.5) is 4.39 Å². The van der Waals surface area contributed by atoms with Crippen molar-refractivity contribution in [3.05, 3.63) is 47.7 Å². The van der Waals surface area contributed by atoms with E-state index in [0.717, 1.165) is 6.42 Å². The van der Waals surface area contributed by atoms with E-state index in [9.17, 15) is 12.8 Å². The monoisotopic (exact) mass is 365 g/mol. The fourth-order valence-electron chi connectivity index (χ4n) is 2.93. The molecule has 1 aliphatic rings. The van der Waals surface area contributed by atoms with Crippen molar-refractivity contribution in [2.45, 2.75) is 37.7 Å². The van der Waals surface area contributed by atoms with Crippen LogP contribution in [-0.2, 0) is 10.0 Å². The molecule has 1 aromatic heterocycles. The Kier molecular flexibility index (Phi) is 5.01. The van der Waals surface area contributed by atoms with Crippen molar-refractivity contribution in [1.82, 2.24) is 14.3 Å². The number of aromatic nitrogens is 2. The second-order valence-corrected chi connectivity index (χ2v) is 8.00. The number of ether oxygens (including phenoxy) is 1. The number of sulfonamides is 1. The van der Waals surface area contributed by atoms with Gasteiger partial charge >= 0.3 is 0 Å². The molecule has 0 radical (unpaired) electrons. The van der Waals surface area contributed by atoms with Gasteiger partial charge in [0, 0.05) is 18.8 Å². The lowest BCUT2D eigenvalue weighted by Gasteiger charge is -2.32. The smallest absolute Gasteiger partial charge is 0.243 e. The number of hydrogen-bond acceptors (Lipinski definition) is 5. The number of aryl methyl sites for hydroxylation is 2. The molecule has 1 fully saturated rings. The lowest BCUT2D eigenvalue weighted by molar-refractivity contribution is 0.124. The van der Waals surface area contributed by atoms with Gasteiger partial charge in [-0.05, 0) is 50.5 Å². The molecule has 6 nitrogen and oxygen atoms in total. The maximum atomic E-state index is 13.3. The quantitative estimate of drug-likeness (QED) is 0.832. The van der Waals surface area contributed by atoms with E-state index in [4.69, 9.17) is 4.74 Å². The number of hydrogen-bond donors (Lipinski definition) is 0. The number of halogens is 1. The zero-order chi connectivity index (χ0) is 18.0. The summed E-state index contributed by atoms with van der Waals surface area (Å²) in [7, 11) is -3.69. The summed E-state index contributed by atoms with van der Waals surface area (Å²) in [4.78, 5) is 8.34. The molecule has 1 saturated heterocycles. The van der Waals surface area contributed by atoms with Crippen molar-refractivity contribution in [2.75, 3.05) is 13.1 Å². The van der Waals surface area contributed by atoms with Crippen LogP contribution in [0.3, 0.4) is 0 Å². The van der Waals surface area contributed by atoms with E-state index in [-0.39, 0.29) is 17.5 Å². The molecule has 0 amide bonds. The topological polar surface area (TPSA) is 72.4 Å². The summed E-state index contributed by atoms with van der Waals surface area (Å²) in [5.74, 6) is 0.588. The van der Waals surface area contributed by atoms with Crippen molar-refractivity contribution in [1.29, 1.82) is 0 Å². The van der Waals surface area contributed by atoms with Gasteiger partial charge in [0.25, 0.3) is 0 Å². The van der Waals surface area contributed by atoms with Gasteiger partial charge < -0.3 is 4.74 Å². The number of nitrogens with zero attached hydrogens (tertiary/aromatic N) is 3. The number of piperidine rings is 1. The van der Waals surface area contributed by atoms with Crippen LogP contribution >= 0.6 is 0 Å². The highest BCUT2D eigenvalue weighted by molar-refractivity contribution is 7.89. The Morgan fingerprint density at radius 3 is 2.80 bits per heavy atom. The van der Waals surface area contributed by atoms with Crippen LogP contribution in [0, 0.1) is 19.7 Å². The second kappa shape index (κ2) is 7.05. The van der Waals surface area contributed by atoms with E-state index in [0.29, 0.717) is 30.2 Å². The average molecular weight is 365 g/mol. The molecule has 2 aromatic rings. The third-order valence-corrected chi connectivity index (χ3v) is 6.16. The summed E-state index contributed by atoms with van der Waals surface area (Å²) in [6.07, 6.45) is 2.77. The van der Waals surface area contributed by atoms with Gasteiger partial charge in [0.05, 0.1) is 11.4 Å². The van der Waals surface area contributed by atoms with Crippen LogP contribution in [0.5, 0.6) is 5.88 Å². The zero-order valence-electron chi connectivity index (χ0n) is 14.1. The number of rotatable bonds is 4. The molecule has 0 spiro atoms. The molecule has 134 valence electrons. The van der Waals surface area contributed by atoms with E-state index in [1.54, 1.807) is 26.1 Å². The Balaban J connectivity index is 1.78. The van der Waals surface area contributed by atoms with Crippen molar-refractivity contribution < 1.29 is 17.5 Å². The zero-order valence-corrected chi connectivity index (χ0v) is 15.0. The predicted molar refractivity (Wildman–Crippen MR) is 90.3 cm³/mol. The average Bonchev–Trinajstić information content (AvgIpc) is 2.55. The molecule has 8 heteroatoms. The highest BCUT2D eigenvalue weighted by Gasteiger charge is 2.32. The fraction of sp³-hybridized carbons (Fsp3) is 0.412. The van der Waals surface area contributed by atoms with Crippen molar-refractivity contribution in [2.24, 2.45) is 0 Å². The largest absolute Gasteiger partial charge is 0.473 e. The van der Waals surface area contributed by atoms with Gasteiger partial charge in [0.2, 0.25) is 15.9 Å². The molecule has 25 heavy (non-hydrogen) atoms. The molecule has 0 N–H and O–H groups in total. The van der Waals surface area contributed by atoms with Gasteiger partial charge in [-0.1, -0.05) is 0 Å². The fourth-order valence-corrected chi connectivity index (χ4v) is 4.65. The van der Waals surface area contributed by atoms with Gasteiger partial charge in [-0.15, -0.1) is 0 Å². The van der Waals surface area contributed by atoms with Gasteiger partial charge in [-0.2, -0.15) is 9.29 Å². The van der Waals surface area contributed by atoms with Crippen LogP contribution < -0.4 is 4.74 Å². The Labute approximate surface area is 146 Å². The first-order chi connectivity index (χ1) is 11.9. The summed E-state index contributed by atoms with van der Waals surface area (Å²) in [6.45, 7) is 4.02. The predicted octanol–water partition coefficient (Wildman–Crippen LogP) is 2.46. The van der Waals surface area contributed by atoms with Gasteiger partial charge in [0.15, 0.2) is 0 Å². The van der Waals surface area contributed by atoms with Crippen LogP contribution in [0.25, 0.3) is 0 Å². The SMILES string of the molecule is Cc1nccc(OC2CCCN(S(=O)(=O)c3ccc(F)cc3C)C2)n1. The normalized spacial score (nSPS) is 18.9. The summed E-state index contributed by atoms with van der Waals surface area (Å²) in [5.41, 5.74) is 0.398. The standard InChI is InChI=1S/C17H20FN3O3S/c1-12-10-14(18)5-6-16(12)25(22,23)21-9-3-4-15(11-21)24-17-7-8-19-13(2)20-17/h5-8,10,15H,3-4,9,11H2,1-2H3. The molecule has 1 aromatic carbocycles. The Bertz CT molecular complexity index is 873. The first-order valence-electron chi connectivity index (χ1n) is 8.09. The molecule has 3 rings (SSSR count). The molecular formula is C17H20FN3O3S. The Morgan fingerprint density at radius 1 is 1.28 bits per heavy atom. The minimum Gasteiger partial charge on any atom is -0.473 e. The summed E-state index contributed by atoms with van der Waals surface area (Å²) < 4.78 is 46.3. The maximum absolute atomic E-state index is 13.3. The van der Waals surface area contributed by atoms with Crippen LogP contribution in [-0.4, -0.2) is 41.9 Å². The third kappa shape index (κ3) is 3.96. The number of benzene rings is 1. The lowest BCUT2D eigenvalue weighted by atomic mass is 10.1. The minimum absolute atomic E-state index is 0.132. The first kappa shape index (κ1) is 17.8. The van der Waals surface area contributed by atoms with Crippen molar-refractivity contribution in [3.8, 4) is 5.88 Å². The van der Waals surface area contributed by atoms with E-state index < -0.39 is 15.8 Å². The van der Waals surface area contributed by atoms with E-state index in [1.807, 2.05) is 0 Å². The van der Waals surface area contributed by atoms with Crippen LogP contribution in [0.1, 0.15) is 24.2 Å². The Hall–Kier alpha value is -2.06. The lowest BCUT2D eigenvalue weighted by Crippen LogP contribution is -2.44. The third-order valence-electron chi connectivity index (χ3n) is 4.13. The van der Waals surface area contributed by atoms with Crippen molar-refractivity contribution in [3.63, 3.8) is 0 Å². The summed E-state index contributed by atoms with van der Waals surface area (Å²) in [6, 6.07) is 5.37. The van der Waals surface area contributed by atoms with E-state index in [1.165, 1.54) is 22.5 Å². The first-order valence-corrected chi connectivity index (χ1v) is 9.53. The highest BCUT2D eigenvalue weighted by atomic mass is 32.2. The molecule has 1 atom stereocenters. The van der Waals surface area contributed by atoms with E-state index >= 15 is 0 Å². The van der Waals surface area contributed by atoms with Crippen molar-refractivity contribution >= 4 is 10.0 Å². The van der Waals surface area contributed by atoms with Crippen LogP contribution in [0.2, 0.25) is 0 Å². The molecule has 1 aliphatic heterocycles. The van der Waals surface area contributed by atoms with E-state index in [2.05, 4.69) is 9.97 Å². The van der Waals surface area contributed by atoms with Gasteiger partial charge in [-0.25, -0.2) is 17.8 Å². The molecule has 2 heterocycles. The molecule has 1 unspecified atom stereocenters. The summed E-state index contributed by atoms with van der Waals surface area (Å²) >= 11 is 0. The second-order valence-electron chi connectivity index (χ2n) is 6.10. The molecular weight excluding hydrogens is 345 g/mol.